The van der Waals surface area contributed by atoms with Crippen molar-refractivity contribution < 1.29 is 4.74 Å². The summed E-state index contributed by atoms with van der Waals surface area (Å²) in [6.07, 6.45) is 2.13. The SMILES string of the molecule is CCNC/C(=C/c1cccc(OC)n1)C(C)C. The summed E-state index contributed by atoms with van der Waals surface area (Å²) in [6, 6.07) is 5.82. The van der Waals surface area contributed by atoms with Crippen LogP contribution in [0.15, 0.2) is 23.8 Å². The van der Waals surface area contributed by atoms with Crippen LogP contribution in [0.4, 0.5) is 0 Å². The highest BCUT2D eigenvalue weighted by atomic mass is 16.5. The molecule has 0 saturated heterocycles. The summed E-state index contributed by atoms with van der Waals surface area (Å²) in [5.41, 5.74) is 2.30. The molecule has 0 bridgehead atoms. The van der Waals surface area contributed by atoms with Crippen molar-refractivity contribution >= 4 is 6.08 Å². The van der Waals surface area contributed by atoms with Crippen LogP contribution in [0.5, 0.6) is 5.88 Å². The van der Waals surface area contributed by atoms with Crippen LogP contribution >= 0.6 is 0 Å². The van der Waals surface area contributed by atoms with Gasteiger partial charge >= 0.3 is 0 Å². The Balaban J connectivity index is 2.87. The van der Waals surface area contributed by atoms with E-state index < -0.39 is 0 Å². The Morgan fingerprint density at radius 2 is 2.24 bits per heavy atom. The number of hydrogen-bond donors (Lipinski definition) is 1. The van der Waals surface area contributed by atoms with Crippen LogP contribution in [0.2, 0.25) is 0 Å². The summed E-state index contributed by atoms with van der Waals surface area (Å²) in [7, 11) is 1.64. The summed E-state index contributed by atoms with van der Waals surface area (Å²) in [5.74, 6) is 1.17. The van der Waals surface area contributed by atoms with Crippen molar-refractivity contribution in [2.24, 2.45) is 5.92 Å². The van der Waals surface area contributed by atoms with Gasteiger partial charge in [0.1, 0.15) is 0 Å². The zero-order chi connectivity index (χ0) is 12.7. The van der Waals surface area contributed by atoms with Gasteiger partial charge in [-0.3, -0.25) is 0 Å². The number of pyridine rings is 1. The van der Waals surface area contributed by atoms with E-state index in [0.29, 0.717) is 11.8 Å². The Hall–Kier alpha value is -1.35. The van der Waals surface area contributed by atoms with Crippen molar-refractivity contribution in [3.63, 3.8) is 0 Å². The number of nitrogens with one attached hydrogen (secondary N) is 1. The lowest BCUT2D eigenvalue weighted by Gasteiger charge is -2.12. The summed E-state index contributed by atoms with van der Waals surface area (Å²) in [6.45, 7) is 8.40. The maximum absolute atomic E-state index is 5.12. The van der Waals surface area contributed by atoms with Gasteiger partial charge in [-0.15, -0.1) is 0 Å². The second-order valence-electron chi connectivity index (χ2n) is 4.26. The van der Waals surface area contributed by atoms with Gasteiger partial charge < -0.3 is 10.1 Å². The normalized spacial score (nSPS) is 11.9. The Kier molecular flexibility index (Phi) is 5.70. The average molecular weight is 234 g/mol. The van der Waals surface area contributed by atoms with Gasteiger partial charge in [0, 0.05) is 12.6 Å². The largest absolute Gasteiger partial charge is 0.481 e. The first kappa shape index (κ1) is 13.7. The zero-order valence-electron chi connectivity index (χ0n) is 11.2. The predicted octanol–water partition coefficient (Wildman–Crippen LogP) is 2.74. The third-order valence-corrected chi connectivity index (χ3v) is 2.61. The molecule has 3 nitrogen and oxygen atoms in total. The number of methoxy groups -OCH3 is 1. The molecule has 1 heterocycles. The topological polar surface area (TPSA) is 34.1 Å². The van der Waals surface area contributed by atoms with Crippen LogP contribution in [-0.2, 0) is 0 Å². The smallest absolute Gasteiger partial charge is 0.213 e. The molecule has 1 aromatic rings. The van der Waals surface area contributed by atoms with Gasteiger partial charge in [0.25, 0.3) is 0 Å². The van der Waals surface area contributed by atoms with E-state index in [1.54, 1.807) is 7.11 Å². The van der Waals surface area contributed by atoms with Crippen molar-refractivity contribution in [1.29, 1.82) is 0 Å². The average Bonchev–Trinajstić information content (AvgIpc) is 2.34. The first-order valence-corrected chi connectivity index (χ1v) is 6.09. The molecule has 0 atom stereocenters. The lowest BCUT2D eigenvalue weighted by molar-refractivity contribution is 0.397. The molecule has 0 unspecified atom stereocenters. The minimum Gasteiger partial charge on any atom is -0.481 e. The number of nitrogens with zero attached hydrogens (tertiary/aromatic N) is 1. The zero-order valence-corrected chi connectivity index (χ0v) is 11.2. The van der Waals surface area contributed by atoms with Crippen molar-refractivity contribution in [2.45, 2.75) is 20.8 Å². The number of ether oxygens (including phenoxy) is 1. The number of likely N-dealkylation sites (N-methyl/N-ethyl adjacent to an activating group) is 1. The van der Waals surface area contributed by atoms with Crippen molar-refractivity contribution in [2.75, 3.05) is 20.2 Å². The third kappa shape index (κ3) is 4.57. The second-order valence-corrected chi connectivity index (χ2v) is 4.26. The van der Waals surface area contributed by atoms with Gasteiger partial charge in [-0.1, -0.05) is 32.4 Å². The third-order valence-electron chi connectivity index (χ3n) is 2.61. The first-order valence-electron chi connectivity index (χ1n) is 6.09. The Bertz CT molecular complexity index is 372. The fourth-order valence-corrected chi connectivity index (χ4v) is 1.51. The predicted molar refractivity (Wildman–Crippen MR) is 72.1 cm³/mol. The molecule has 17 heavy (non-hydrogen) atoms. The molecule has 0 spiro atoms. The minimum absolute atomic E-state index is 0.516. The minimum atomic E-state index is 0.516. The van der Waals surface area contributed by atoms with Crippen LogP contribution in [0.25, 0.3) is 6.08 Å². The molecular weight excluding hydrogens is 212 g/mol. The molecule has 0 radical (unpaired) electrons. The number of hydrogen-bond acceptors (Lipinski definition) is 3. The molecule has 0 aromatic carbocycles. The van der Waals surface area contributed by atoms with Crippen molar-refractivity contribution in [3.8, 4) is 5.88 Å². The first-order chi connectivity index (χ1) is 8.17. The summed E-state index contributed by atoms with van der Waals surface area (Å²) >= 11 is 0. The molecule has 0 aliphatic heterocycles. The highest BCUT2D eigenvalue weighted by Crippen LogP contribution is 2.15. The molecule has 0 amide bonds. The monoisotopic (exact) mass is 234 g/mol. The summed E-state index contributed by atoms with van der Waals surface area (Å²) < 4.78 is 5.12. The molecular formula is C14H22N2O. The molecule has 94 valence electrons. The molecule has 1 rings (SSSR count). The molecule has 0 fully saturated rings. The van der Waals surface area contributed by atoms with E-state index in [0.717, 1.165) is 18.8 Å². The fourth-order valence-electron chi connectivity index (χ4n) is 1.51. The fraction of sp³-hybridized carbons (Fsp3) is 0.500. The van der Waals surface area contributed by atoms with E-state index >= 15 is 0 Å². The van der Waals surface area contributed by atoms with E-state index in [1.165, 1.54) is 5.57 Å². The molecule has 0 saturated carbocycles. The Morgan fingerprint density at radius 3 is 2.82 bits per heavy atom. The van der Waals surface area contributed by atoms with E-state index in [1.807, 2.05) is 18.2 Å². The lowest BCUT2D eigenvalue weighted by atomic mass is 10.0. The van der Waals surface area contributed by atoms with Crippen LogP contribution < -0.4 is 10.1 Å². The molecule has 0 aliphatic carbocycles. The van der Waals surface area contributed by atoms with Crippen LogP contribution in [0, 0.1) is 5.92 Å². The van der Waals surface area contributed by atoms with E-state index in [-0.39, 0.29) is 0 Å². The van der Waals surface area contributed by atoms with Crippen LogP contribution in [0.1, 0.15) is 26.5 Å². The van der Waals surface area contributed by atoms with Gasteiger partial charge in [-0.2, -0.15) is 0 Å². The quantitative estimate of drug-likeness (QED) is 0.821. The maximum Gasteiger partial charge on any atom is 0.213 e. The molecule has 1 N–H and O–H groups in total. The van der Waals surface area contributed by atoms with Gasteiger partial charge in [-0.05, 0) is 24.6 Å². The van der Waals surface area contributed by atoms with Crippen LogP contribution in [0.3, 0.4) is 0 Å². The lowest BCUT2D eigenvalue weighted by Crippen LogP contribution is -2.18. The van der Waals surface area contributed by atoms with Gasteiger partial charge in [-0.25, -0.2) is 4.98 Å². The second kappa shape index (κ2) is 7.07. The molecule has 0 aliphatic rings. The summed E-state index contributed by atoms with van der Waals surface area (Å²) in [5, 5.41) is 3.35. The molecule has 3 heteroatoms. The Labute approximate surface area is 104 Å². The summed E-state index contributed by atoms with van der Waals surface area (Å²) in [4.78, 5) is 4.40. The number of aromatic nitrogens is 1. The van der Waals surface area contributed by atoms with Crippen molar-refractivity contribution in [3.05, 3.63) is 29.5 Å². The van der Waals surface area contributed by atoms with Crippen LogP contribution in [-0.4, -0.2) is 25.2 Å². The maximum atomic E-state index is 5.12. The van der Waals surface area contributed by atoms with E-state index in [4.69, 9.17) is 4.74 Å². The highest BCUT2D eigenvalue weighted by molar-refractivity contribution is 5.50. The Morgan fingerprint density at radius 1 is 1.47 bits per heavy atom. The standard InChI is InChI=1S/C14H22N2O/c1-5-15-10-12(11(2)3)9-13-7-6-8-14(16-13)17-4/h6-9,11,15H,5,10H2,1-4H3/b12-9-. The van der Waals surface area contributed by atoms with Crippen molar-refractivity contribution in [1.82, 2.24) is 10.3 Å². The van der Waals surface area contributed by atoms with Gasteiger partial charge in [0.2, 0.25) is 5.88 Å². The van der Waals surface area contributed by atoms with Gasteiger partial charge in [0.15, 0.2) is 0 Å². The van der Waals surface area contributed by atoms with E-state index in [9.17, 15) is 0 Å². The van der Waals surface area contributed by atoms with E-state index in [2.05, 4.69) is 37.1 Å². The van der Waals surface area contributed by atoms with Gasteiger partial charge in [0.05, 0.1) is 12.8 Å². The molecule has 1 aromatic heterocycles. The number of rotatable bonds is 6. The highest BCUT2D eigenvalue weighted by Gasteiger charge is 2.04.